The van der Waals surface area contributed by atoms with E-state index in [4.69, 9.17) is 9.47 Å². The second-order valence-electron chi connectivity index (χ2n) is 10.6. The van der Waals surface area contributed by atoms with Crippen LogP contribution in [-0.2, 0) is 21.4 Å². The molecule has 3 aromatic carbocycles. The molecule has 1 aromatic heterocycles. The Hall–Kier alpha value is -4.68. The maximum Gasteiger partial charge on any atom is 0.253 e. The Balaban J connectivity index is 1.29. The van der Waals surface area contributed by atoms with Crippen LogP contribution in [0.25, 0.3) is 10.9 Å². The summed E-state index contributed by atoms with van der Waals surface area (Å²) in [6.45, 7) is 0.214. The molecule has 1 N–H and O–H groups in total. The highest BCUT2D eigenvalue weighted by molar-refractivity contribution is 7.89. The summed E-state index contributed by atoms with van der Waals surface area (Å²) in [5.74, 6) is 0.405. The zero-order valence-electron chi connectivity index (χ0n) is 23.8. The molecule has 1 saturated heterocycles. The van der Waals surface area contributed by atoms with Gasteiger partial charge in [0.2, 0.25) is 22.7 Å². The molecule has 6 rings (SSSR count). The SMILES string of the molecule is CN(C)c1ccc(C(=O)N2CCN(S(=O)(=O)c3cccc4cccnc34)C(C(=O)NCc3ccc4c(c3)OCO4)C2)cc1. The molecule has 0 bridgehead atoms. The number of carbonyl (C=O) groups is 2. The third-order valence-corrected chi connectivity index (χ3v) is 9.58. The number of rotatable bonds is 7. The monoisotopic (exact) mass is 601 g/mol. The van der Waals surface area contributed by atoms with Crippen LogP contribution in [0.4, 0.5) is 5.69 Å². The molecule has 2 aliphatic rings. The summed E-state index contributed by atoms with van der Waals surface area (Å²) < 4.78 is 40.2. The van der Waals surface area contributed by atoms with Crippen molar-refractivity contribution >= 4 is 38.4 Å². The average molecular weight is 602 g/mol. The Kier molecular flexibility index (Phi) is 7.63. The van der Waals surface area contributed by atoms with Crippen molar-refractivity contribution < 1.29 is 27.5 Å². The fraction of sp³-hybridized carbons (Fsp3) is 0.258. The number of carbonyl (C=O) groups excluding carboxylic acids is 2. The van der Waals surface area contributed by atoms with Crippen LogP contribution in [0.3, 0.4) is 0 Å². The molecule has 2 amide bonds. The number of aromatic nitrogens is 1. The first kappa shape index (κ1) is 28.4. The molecule has 43 heavy (non-hydrogen) atoms. The summed E-state index contributed by atoms with van der Waals surface area (Å²) in [5.41, 5.74) is 2.48. The molecule has 0 spiro atoms. The maximum absolute atomic E-state index is 14.1. The van der Waals surface area contributed by atoms with Crippen molar-refractivity contribution in [2.45, 2.75) is 17.5 Å². The van der Waals surface area contributed by atoms with E-state index in [2.05, 4.69) is 10.3 Å². The highest BCUT2D eigenvalue weighted by Crippen LogP contribution is 2.33. The quantitative estimate of drug-likeness (QED) is 0.343. The standard InChI is InChI=1S/C31H31N5O6S/c1-34(2)24-11-9-23(10-12-24)31(38)35-15-16-36(43(39,40)28-7-3-5-22-6-4-14-32-29(22)28)25(19-35)30(37)33-18-21-8-13-26-27(17-21)42-20-41-26/h3-14,17,25H,15-16,18-20H2,1-2H3,(H,33,37). The number of piperazine rings is 1. The van der Waals surface area contributed by atoms with E-state index in [9.17, 15) is 18.0 Å². The number of anilines is 1. The molecule has 1 unspecified atom stereocenters. The number of sulfonamides is 1. The van der Waals surface area contributed by atoms with Gasteiger partial charge in [-0.1, -0.05) is 24.3 Å². The highest BCUT2D eigenvalue weighted by atomic mass is 32.2. The fourth-order valence-corrected chi connectivity index (χ4v) is 7.04. The number of nitrogens with zero attached hydrogens (tertiary/aromatic N) is 4. The van der Waals surface area contributed by atoms with E-state index < -0.39 is 22.0 Å². The van der Waals surface area contributed by atoms with Crippen molar-refractivity contribution in [1.29, 1.82) is 0 Å². The molecular weight excluding hydrogens is 570 g/mol. The number of para-hydroxylation sites is 1. The number of hydrogen-bond acceptors (Lipinski definition) is 8. The largest absolute Gasteiger partial charge is 0.454 e. The van der Waals surface area contributed by atoms with E-state index in [1.807, 2.05) is 31.1 Å². The third-order valence-electron chi connectivity index (χ3n) is 7.64. The van der Waals surface area contributed by atoms with Crippen molar-refractivity contribution in [2.75, 3.05) is 45.4 Å². The maximum atomic E-state index is 14.1. The predicted octanol–water partition coefficient (Wildman–Crippen LogP) is 2.86. The first-order valence-corrected chi connectivity index (χ1v) is 15.2. The summed E-state index contributed by atoms with van der Waals surface area (Å²) in [6, 6.07) is 19.8. The zero-order chi connectivity index (χ0) is 30.1. The van der Waals surface area contributed by atoms with E-state index in [1.54, 1.807) is 54.6 Å². The van der Waals surface area contributed by atoms with Crippen LogP contribution in [0.2, 0.25) is 0 Å². The average Bonchev–Trinajstić information content (AvgIpc) is 3.51. The molecular formula is C31H31N5O6S. The van der Waals surface area contributed by atoms with Gasteiger partial charge < -0.3 is 24.6 Å². The molecule has 0 saturated carbocycles. The molecule has 0 aliphatic carbocycles. The summed E-state index contributed by atoms with van der Waals surface area (Å²) in [4.78, 5) is 35.1. The highest BCUT2D eigenvalue weighted by Gasteiger charge is 2.42. The Bertz CT molecular complexity index is 1790. The minimum Gasteiger partial charge on any atom is -0.454 e. The number of fused-ring (bicyclic) bond motifs is 2. The van der Waals surface area contributed by atoms with Crippen LogP contribution >= 0.6 is 0 Å². The van der Waals surface area contributed by atoms with Gasteiger partial charge in [-0.25, -0.2) is 8.42 Å². The van der Waals surface area contributed by atoms with Crippen LogP contribution < -0.4 is 19.7 Å². The lowest BCUT2D eigenvalue weighted by atomic mass is 10.1. The van der Waals surface area contributed by atoms with Crippen LogP contribution in [0, 0.1) is 0 Å². The van der Waals surface area contributed by atoms with Crippen LogP contribution in [0.15, 0.2) is 83.9 Å². The van der Waals surface area contributed by atoms with Gasteiger partial charge in [0.15, 0.2) is 11.5 Å². The van der Waals surface area contributed by atoms with Crippen molar-refractivity contribution in [2.24, 2.45) is 0 Å². The number of hydrogen-bond donors (Lipinski definition) is 1. The Labute approximate surface area is 249 Å². The molecule has 3 heterocycles. The van der Waals surface area contributed by atoms with Crippen LogP contribution in [0.1, 0.15) is 15.9 Å². The van der Waals surface area contributed by atoms with Gasteiger partial charge in [-0.3, -0.25) is 14.6 Å². The van der Waals surface area contributed by atoms with E-state index in [-0.39, 0.29) is 43.8 Å². The smallest absolute Gasteiger partial charge is 0.253 e. The van der Waals surface area contributed by atoms with Gasteiger partial charge in [0.25, 0.3) is 5.91 Å². The van der Waals surface area contributed by atoms with Gasteiger partial charge >= 0.3 is 0 Å². The van der Waals surface area contributed by atoms with Crippen molar-refractivity contribution in [1.82, 2.24) is 19.5 Å². The van der Waals surface area contributed by atoms with Crippen LogP contribution in [-0.4, -0.2) is 81.0 Å². The lowest BCUT2D eigenvalue weighted by molar-refractivity contribution is -0.126. The summed E-state index contributed by atoms with van der Waals surface area (Å²) in [7, 11) is -0.350. The fourth-order valence-electron chi connectivity index (χ4n) is 5.31. The van der Waals surface area contributed by atoms with Gasteiger partial charge in [0.05, 0.1) is 5.52 Å². The van der Waals surface area contributed by atoms with Gasteiger partial charge in [0, 0.05) is 63.1 Å². The van der Waals surface area contributed by atoms with E-state index in [0.717, 1.165) is 11.3 Å². The van der Waals surface area contributed by atoms with Crippen molar-refractivity contribution in [3.05, 3.63) is 90.1 Å². The Morgan fingerprint density at radius 1 is 0.977 bits per heavy atom. The number of ether oxygens (including phenoxy) is 2. The topological polar surface area (TPSA) is 121 Å². The second-order valence-corrected chi connectivity index (χ2v) is 12.4. The van der Waals surface area contributed by atoms with E-state index >= 15 is 0 Å². The lowest BCUT2D eigenvalue weighted by Gasteiger charge is -2.39. The summed E-state index contributed by atoms with van der Waals surface area (Å²) >= 11 is 0. The first-order chi connectivity index (χ1) is 20.7. The molecule has 2 aliphatic heterocycles. The normalized spacial score (nSPS) is 16.7. The molecule has 1 atom stereocenters. The van der Waals surface area contributed by atoms with Gasteiger partial charge in [-0.2, -0.15) is 4.31 Å². The Morgan fingerprint density at radius 2 is 1.74 bits per heavy atom. The lowest BCUT2D eigenvalue weighted by Crippen LogP contribution is -2.61. The van der Waals surface area contributed by atoms with Gasteiger partial charge in [-0.05, 0) is 54.1 Å². The zero-order valence-corrected chi connectivity index (χ0v) is 24.6. The van der Waals surface area contributed by atoms with Gasteiger partial charge in [0.1, 0.15) is 10.9 Å². The third kappa shape index (κ3) is 5.58. The number of amides is 2. The predicted molar refractivity (Wildman–Crippen MR) is 161 cm³/mol. The molecule has 4 aromatic rings. The molecule has 1 fully saturated rings. The summed E-state index contributed by atoms with van der Waals surface area (Å²) in [6.07, 6.45) is 1.54. The molecule has 0 radical (unpaired) electrons. The number of pyridine rings is 1. The first-order valence-electron chi connectivity index (χ1n) is 13.8. The minimum atomic E-state index is -4.17. The van der Waals surface area contributed by atoms with E-state index in [1.165, 1.54) is 21.5 Å². The molecule has 12 heteroatoms. The van der Waals surface area contributed by atoms with Crippen LogP contribution in [0.5, 0.6) is 11.5 Å². The molecule has 11 nitrogen and oxygen atoms in total. The van der Waals surface area contributed by atoms with Crippen molar-refractivity contribution in [3.8, 4) is 11.5 Å². The van der Waals surface area contributed by atoms with Crippen molar-refractivity contribution in [3.63, 3.8) is 0 Å². The molecule has 222 valence electrons. The number of nitrogens with one attached hydrogen (secondary N) is 1. The second kappa shape index (κ2) is 11.5. The number of benzene rings is 3. The van der Waals surface area contributed by atoms with E-state index in [0.29, 0.717) is 28.0 Å². The Morgan fingerprint density at radius 3 is 2.53 bits per heavy atom. The van der Waals surface area contributed by atoms with Gasteiger partial charge in [-0.15, -0.1) is 0 Å². The summed E-state index contributed by atoms with van der Waals surface area (Å²) in [5, 5.41) is 3.54. The minimum absolute atomic E-state index is 0.0122.